The topological polar surface area (TPSA) is 78.8 Å². The second kappa shape index (κ2) is 8.33. The van der Waals surface area contributed by atoms with Crippen molar-refractivity contribution in [3.05, 3.63) is 0 Å². The molecule has 0 heterocycles. The van der Waals surface area contributed by atoms with Gasteiger partial charge >= 0.3 is 6.09 Å². The average molecular weight is 360 g/mol. The van der Waals surface area contributed by atoms with Gasteiger partial charge in [0.25, 0.3) is 0 Å². The van der Waals surface area contributed by atoms with Crippen molar-refractivity contribution in [2.75, 3.05) is 6.61 Å². The van der Waals surface area contributed by atoms with Crippen LogP contribution in [0.15, 0.2) is 0 Å². The first-order valence-corrected chi connectivity index (χ1v) is 14.4. The van der Waals surface area contributed by atoms with E-state index in [9.17, 15) is 9.90 Å². The van der Waals surface area contributed by atoms with Gasteiger partial charge in [0.2, 0.25) is 0 Å². The molecule has 7 heteroatoms. The first-order chi connectivity index (χ1) is 10.2. The fourth-order valence-corrected chi connectivity index (χ4v) is 3.64. The first kappa shape index (κ1) is 22.2. The molecule has 5 nitrogen and oxygen atoms in total. The molecule has 0 spiro atoms. The van der Waals surface area contributed by atoms with Gasteiger partial charge in [-0.25, -0.2) is 4.79 Å². The monoisotopic (exact) mass is 359 g/mol. The van der Waals surface area contributed by atoms with Crippen molar-refractivity contribution in [3.8, 4) is 11.5 Å². The van der Waals surface area contributed by atoms with Crippen molar-refractivity contribution < 1.29 is 19.4 Å². The van der Waals surface area contributed by atoms with Gasteiger partial charge in [0.05, 0.1) is 18.8 Å². The average Bonchev–Trinajstić information content (AvgIpc) is 2.31. The van der Waals surface area contributed by atoms with E-state index in [1.54, 1.807) is 0 Å². The van der Waals surface area contributed by atoms with E-state index in [2.05, 4.69) is 70.3 Å². The fourth-order valence-electron chi connectivity index (χ4n) is 1.66. The number of rotatable bonds is 6. The Labute approximate surface area is 143 Å². The lowest BCUT2D eigenvalue weighted by atomic mass is 10.1. The van der Waals surface area contributed by atoms with Crippen molar-refractivity contribution in [2.24, 2.45) is 0 Å². The van der Waals surface area contributed by atoms with Crippen LogP contribution in [0, 0.1) is 11.5 Å². The zero-order chi connectivity index (χ0) is 18.5. The summed E-state index contributed by atoms with van der Waals surface area (Å²) in [7, 11) is -3.63. The van der Waals surface area contributed by atoms with Gasteiger partial charge in [0, 0.05) is 6.42 Å². The molecule has 0 saturated carbocycles. The smallest absolute Gasteiger partial charge is 0.405 e. The summed E-state index contributed by atoms with van der Waals surface area (Å²) in [6.45, 7) is 16.7. The van der Waals surface area contributed by atoms with Crippen molar-refractivity contribution in [1.29, 1.82) is 0 Å². The lowest BCUT2D eigenvalue weighted by molar-refractivity contribution is 0.0715. The van der Waals surface area contributed by atoms with Gasteiger partial charge in [0.1, 0.15) is 8.07 Å². The maximum atomic E-state index is 11.1. The lowest BCUT2D eigenvalue weighted by Gasteiger charge is -2.40. The molecule has 23 heavy (non-hydrogen) atoms. The maximum absolute atomic E-state index is 11.1. The number of carbonyl (C=O) groups is 1. The van der Waals surface area contributed by atoms with Crippen molar-refractivity contribution >= 4 is 22.5 Å². The lowest BCUT2D eigenvalue weighted by Crippen LogP contribution is -2.52. The Morgan fingerprint density at radius 1 is 1.22 bits per heavy atom. The highest BCUT2D eigenvalue weighted by molar-refractivity contribution is 6.83. The third-order valence-electron chi connectivity index (χ3n) is 3.98. The highest BCUT2D eigenvalue weighted by atomic mass is 28.4. The summed E-state index contributed by atoms with van der Waals surface area (Å²) >= 11 is 0. The molecule has 134 valence electrons. The molecule has 0 bridgehead atoms. The number of carboxylic acid groups (broad SMARTS) is 1. The Balaban J connectivity index is 5.24. The summed E-state index contributed by atoms with van der Waals surface area (Å²) in [4.78, 5) is 11.1. The van der Waals surface area contributed by atoms with Crippen molar-refractivity contribution in [3.63, 3.8) is 0 Å². The van der Waals surface area contributed by atoms with Gasteiger partial charge in [-0.1, -0.05) is 40.4 Å². The Morgan fingerprint density at radius 2 is 1.74 bits per heavy atom. The van der Waals surface area contributed by atoms with E-state index in [-0.39, 0.29) is 11.6 Å². The molecule has 0 aromatic carbocycles. The molecule has 1 amide bonds. The van der Waals surface area contributed by atoms with E-state index in [1.165, 1.54) is 0 Å². The zero-order valence-electron chi connectivity index (χ0n) is 15.8. The molecule has 0 aromatic rings. The molecule has 0 unspecified atom stereocenters. The van der Waals surface area contributed by atoms with Crippen LogP contribution in [0.1, 0.15) is 27.2 Å². The van der Waals surface area contributed by atoms with Crippen LogP contribution >= 0.6 is 0 Å². The van der Waals surface area contributed by atoms with Crippen LogP contribution in [0.3, 0.4) is 0 Å². The highest BCUT2D eigenvalue weighted by Gasteiger charge is 2.40. The van der Waals surface area contributed by atoms with Crippen LogP contribution in [-0.2, 0) is 4.43 Å². The maximum Gasteiger partial charge on any atom is 0.405 e. The van der Waals surface area contributed by atoms with Crippen molar-refractivity contribution in [1.82, 2.24) is 5.32 Å². The van der Waals surface area contributed by atoms with E-state index < -0.39 is 34.6 Å². The van der Waals surface area contributed by atoms with Crippen LogP contribution in [0.25, 0.3) is 0 Å². The van der Waals surface area contributed by atoms with Gasteiger partial charge in [0.15, 0.2) is 8.32 Å². The molecule has 0 radical (unpaired) electrons. The Hall–Kier alpha value is -0.816. The van der Waals surface area contributed by atoms with Gasteiger partial charge in [-0.3, -0.25) is 0 Å². The molecule has 0 aliphatic carbocycles. The number of hydrogen-bond donors (Lipinski definition) is 3. The number of nitrogens with one attached hydrogen (secondary N) is 1. The van der Waals surface area contributed by atoms with Crippen LogP contribution in [0.5, 0.6) is 0 Å². The van der Waals surface area contributed by atoms with E-state index in [0.29, 0.717) is 6.42 Å². The molecule has 0 saturated heterocycles. The van der Waals surface area contributed by atoms with E-state index >= 15 is 0 Å². The molecular formula is C16H33NO4Si2. The van der Waals surface area contributed by atoms with Crippen LogP contribution in [0.2, 0.25) is 37.8 Å². The summed E-state index contributed by atoms with van der Waals surface area (Å²) in [5.41, 5.74) is 3.23. The van der Waals surface area contributed by atoms with E-state index in [0.717, 1.165) is 0 Å². The van der Waals surface area contributed by atoms with E-state index in [1.807, 2.05) is 0 Å². The minimum Gasteiger partial charge on any atom is -0.465 e. The second-order valence-corrected chi connectivity index (χ2v) is 17.9. The summed E-state index contributed by atoms with van der Waals surface area (Å²) in [5.74, 6) is 3.08. The summed E-state index contributed by atoms with van der Waals surface area (Å²) in [6.07, 6.45) is -1.36. The molecule has 2 atom stereocenters. The SMILES string of the molecule is CC(C)(C)[Si](C)(C)O[C@H](CO)[C@H](CC#C[Si](C)(C)C)NC(=O)O. The predicted molar refractivity (Wildman–Crippen MR) is 99.8 cm³/mol. The minimum absolute atomic E-state index is 0.0157. The summed E-state index contributed by atoms with van der Waals surface area (Å²) in [5, 5.41) is 21.2. The largest absolute Gasteiger partial charge is 0.465 e. The zero-order valence-corrected chi connectivity index (χ0v) is 17.8. The number of aliphatic hydroxyl groups is 1. The first-order valence-electron chi connectivity index (χ1n) is 7.98. The van der Waals surface area contributed by atoms with Gasteiger partial charge < -0.3 is 20.0 Å². The predicted octanol–water partition coefficient (Wildman–Crippen LogP) is 3.28. The third-order valence-corrected chi connectivity index (χ3v) is 9.41. The van der Waals surface area contributed by atoms with Gasteiger partial charge in [-0.15, -0.1) is 11.5 Å². The fraction of sp³-hybridized carbons (Fsp3) is 0.812. The molecule has 0 rings (SSSR count). The number of amides is 1. The van der Waals surface area contributed by atoms with Gasteiger partial charge in [-0.2, -0.15) is 0 Å². The molecule has 0 fully saturated rings. The quantitative estimate of drug-likeness (QED) is 0.502. The molecule has 3 N–H and O–H groups in total. The van der Waals surface area contributed by atoms with E-state index in [4.69, 9.17) is 9.53 Å². The highest BCUT2D eigenvalue weighted by Crippen LogP contribution is 2.37. The summed E-state index contributed by atoms with van der Waals surface area (Å²) in [6, 6.07) is -0.532. The van der Waals surface area contributed by atoms with Crippen molar-refractivity contribution in [2.45, 2.75) is 77.1 Å². The van der Waals surface area contributed by atoms with Crippen LogP contribution < -0.4 is 5.32 Å². The Kier molecular flexibility index (Phi) is 8.04. The second-order valence-electron chi connectivity index (χ2n) is 8.41. The molecule has 0 aliphatic heterocycles. The number of hydrogen-bond acceptors (Lipinski definition) is 3. The van der Waals surface area contributed by atoms with Crippen LogP contribution in [-0.4, -0.2) is 51.5 Å². The summed E-state index contributed by atoms with van der Waals surface area (Å²) < 4.78 is 6.20. The molecule has 0 aliphatic rings. The molecule has 0 aromatic heterocycles. The van der Waals surface area contributed by atoms with Crippen LogP contribution in [0.4, 0.5) is 4.79 Å². The molecular weight excluding hydrogens is 326 g/mol. The third kappa shape index (κ3) is 8.56. The van der Waals surface area contributed by atoms with Gasteiger partial charge in [-0.05, 0) is 18.1 Å². The Bertz CT molecular complexity index is 455. The number of aliphatic hydroxyl groups excluding tert-OH is 1. The minimum atomic E-state index is -2.11. The Morgan fingerprint density at radius 3 is 2.09 bits per heavy atom. The standard InChI is InChI=1S/C16H33NO4Si2/c1-16(2,3)23(7,8)21-14(12-18)13(17-15(19)20)10-9-11-22(4,5)6/h13-14,17-18H,10,12H2,1-8H3,(H,19,20)/t13-,14+/m0/s1. The normalized spacial score (nSPS) is 15.3.